The average molecular weight is 164 g/mol. The number of pyridine rings is 1. The highest BCUT2D eigenvalue weighted by molar-refractivity contribution is 5.35. The minimum Gasteiger partial charge on any atom is -0.493 e. The van der Waals surface area contributed by atoms with Gasteiger partial charge in [0.1, 0.15) is 5.75 Å². The topological polar surface area (TPSA) is 48.1 Å². The minimum absolute atomic E-state index is 0.433. The molecule has 0 fully saturated rings. The van der Waals surface area contributed by atoms with Gasteiger partial charge < -0.3 is 10.5 Å². The first-order chi connectivity index (χ1) is 5.92. The van der Waals surface area contributed by atoms with Crippen LogP contribution in [0.15, 0.2) is 18.5 Å². The molecule has 3 heteroatoms. The van der Waals surface area contributed by atoms with Gasteiger partial charge in [0.25, 0.3) is 0 Å². The molecule has 0 saturated heterocycles. The number of hydrogen-bond acceptors (Lipinski definition) is 3. The molecule has 1 aliphatic heterocycles. The van der Waals surface area contributed by atoms with E-state index in [-0.39, 0.29) is 0 Å². The minimum atomic E-state index is 0.433. The fourth-order valence-electron chi connectivity index (χ4n) is 1.54. The van der Waals surface area contributed by atoms with Gasteiger partial charge in [-0.05, 0) is 19.0 Å². The van der Waals surface area contributed by atoms with Crippen molar-refractivity contribution in [1.82, 2.24) is 4.98 Å². The largest absolute Gasteiger partial charge is 0.493 e. The van der Waals surface area contributed by atoms with Crippen LogP contribution in [0.1, 0.15) is 17.9 Å². The number of hydrogen-bond donors (Lipinski definition) is 1. The van der Waals surface area contributed by atoms with Crippen molar-refractivity contribution in [3.05, 3.63) is 24.0 Å². The van der Waals surface area contributed by atoms with Crippen LogP contribution in [0.2, 0.25) is 0 Å². The third-order valence-electron chi connectivity index (χ3n) is 2.26. The van der Waals surface area contributed by atoms with Gasteiger partial charge in [-0.3, -0.25) is 4.98 Å². The molecule has 64 valence electrons. The van der Waals surface area contributed by atoms with Crippen LogP contribution >= 0.6 is 0 Å². The Morgan fingerprint density at radius 3 is 3.42 bits per heavy atom. The fraction of sp³-hybridized carbons (Fsp3) is 0.444. The lowest BCUT2D eigenvalue weighted by atomic mass is 9.95. The molecule has 2 N–H and O–H groups in total. The molecule has 3 nitrogen and oxygen atoms in total. The molecule has 0 bridgehead atoms. The third kappa shape index (κ3) is 1.16. The highest BCUT2D eigenvalue weighted by Crippen LogP contribution is 2.31. The Balaban J connectivity index is 2.37. The van der Waals surface area contributed by atoms with Crippen molar-refractivity contribution in [3.8, 4) is 5.75 Å². The highest BCUT2D eigenvalue weighted by atomic mass is 16.5. The van der Waals surface area contributed by atoms with E-state index in [2.05, 4.69) is 4.98 Å². The van der Waals surface area contributed by atoms with E-state index in [0.717, 1.165) is 24.3 Å². The number of nitrogens with zero attached hydrogens (tertiary/aromatic N) is 1. The maximum absolute atomic E-state index is 5.63. The molecule has 1 aromatic rings. The van der Waals surface area contributed by atoms with E-state index in [1.807, 2.05) is 12.3 Å². The molecule has 0 spiro atoms. The van der Waals surface area contributed by atoms with Crippen molar-refractivity contribution >= 4 is 0 Å². The Morgan fingerprint density at radius 1 is 1.67 bits per heavy atom. The van der Waals surface area contributed by atoms with Gasteiger partial charge in [-0.15, -0.1) is 0 Å². The molecule has 2 heterocycles. The van der Waals surface area contributed by atoms with Crippen molar-refractivity contribution in [2.75, 3.05) is 13.2 Å². The van der Waals surface area contributed by atoms with E-state index >= 15 is 0 Å². The van der Waals surface area contributed by atoms with Crippen LogP contribution in [-0.2, 0) is 0 Å². The van der Waals surface area contributed by atoms with Gasteiger partial charge in [0.05, 0.1) is 6.61 Å². The Hall–Kier alpha value is -1.09. The van der Waals surface area contributed by atoms with Crippen molar-refractivity contribution in [2.24, 2.45) is 5.73 Å². The predicted molar refractivity (Wildman–Crippen MR) is 46.1 cm³/mol. The fourth-order valence-corrected chi connectivity index (χ4v) is 1.54. The Morgan fingerprint density at radius 2 is 2.58 bits per heavy atom. The second-order valence-corrected chi connectivity index (χ2v) is 2.98. The van der Waals surface area contributed by atoms with Crippen molar-refractivity contribution in [3.63, 3.8) is 0 Å². The van der Waals surface area contributed by atoms with Crippen molar-refractivity contribution < 1.29 is 4.74 Å². The molecular formula is C9H12N2O. The molecule has 0 aliphatic carbocycles. The maximum atomic E-state index is 5.63. The van der Waals surface area contributed by atoms with Crippen LogP contribution in [0.25, 0.3) is 0 Å². The van der Waals surface area contributed by atoms with Gasteiger partial charge in [-0.1, -0.05) is 0 Å². The molecular weight excluding hydrogens is 152 g/mol. The molecule has 1 aliphatic rings. The summed E-state index contributed by atoms with van der Waals surface area (Å²) in [6.07, 6.45) is 4.61. The zero-order chi connectivity index (χ0) is 8.39. The summed E-state index contributed by atoms with van der Waals surface area (Å²) in [5.74, 6) is 1.38. The normalized spacial score (nSPS) is 21.2. The van der Waals surface area contributed by atoms with E-state index in [9.17, 15) is 0 Å². The average Bonchev–Trinajstić information content (AvgIpc) is 2.17. The second kappa shape index (κ2) is 3.11. The zero-order valence-corrected chi connectivity index (χ0v) is 6.86. The van der Waals surface area contributed by atoms with Crippen LogP contribution in [0.5, 0.6) is 5.75 Å². The summed E-state index contributed by atoms with van der Waals surface area (Å²) >= 11 is 0. The summed E-state index contributed by atoms with van der Waals surface area (Å²) in [6, 6.07) is 1.90. The van der Waals surface area contributed by atoms with Crippen molar-refractivity contribution in [2.45, 2.75) is 12.3 Å². The summed E-state index contributed by atoms with van der Waals surface area (Å²) in [5.41, 5.74) is 6.79. The maximum Gasteiger partial charge on any atom is 0.125 e. The number of nitrogens with two attached hydrogens (primary N) is 1. The van der Waals surface area contributed by atoms with Gasteiger partial charge in [0, 0.05) is 23.9 Å². The number of rotatable bonds is 1. The van der Waals surface area contributed by atoms with E-state index in [1.165, 1.54) is 0 Å². The molecule has 1 aromatic heterocycles. The lowest BCUT2D eigenvalue weighted by Crippen LogP contribution is -2.20. The van der Waals surface area contributed by atoms with Crippen LogP contribution in [0.4, 0.5) is 0 Å². The molecule has 0 saturated carbocycles. The first kappa shape index (κ1) is 7.55. The first-order valence-electron chi connectivity index (χ1n) is 4.18. The summed E-state index contributed by atoms with van der Waals surface area (Å²) in [5, 5.41) is 0. The summed E-state index contributed by atoms with van der Waals surface area (Å²) in [6.45, 7) is 1.46. The van der Waals surface area contributed by atoms with Crippen LogP contribution in [0, 0.1) is 0 Å². The molecule has 12 heavy (non-hydrogen) atoms. The monoisotopic (exact) mass is 164 g/mol. The highest BCUT2D eigenvalue weighted by Gasteiger charge is 2.19. The second-order valence-electron chi connectivity index (χ2n) is 2.98. The molecule has 0 amide bonds. The van der Waals surface area contributed by atoms with Crippen LogP contribution in [-0.4, -0.2) is 18.1 Å². The molecule has 0 radical (unpaired) electrons. The molecule has 0 aromatic carbocycles. The van der Waals surface area contributed by atoms with Crippen LogP contribution < -0.4 is 10.5 Å². The Bertz CT molecular complexity index is 275. The zero-order valence-electron chi connectivity index (χ0n) is 6.86. The van der Waals surface area contributed by atoms with Gasteiger partial charge in [-0.25, -0.2) is 0 Å². The van der Waals surface area contributed by atoms with Gasteiger partial charge >= 0.3 is 0 Å². The smallest absolute Gasteiger partial charge is 0.125 e. The van der Waals surface area contributed by atoms with Gasteiger partial charge in [0.15, 0.2) is 0 Å². The number of aromatic nitrogens is 1. The van der Waals surface area contributed by atoms with Gasteiger partial charge in [-0.2, -0.15) is 0 Å². The Labute approximate surface area is 71.6 Å². The number of fused-ring (bicyclic) bond motifs is 1. The third-order valence-corrected chi connectivity index (χ3v) is 2.26. The summed E-state index contributed by atoms with van der Waals surface area (Å²) in [7, 11) is 0. The molecule has 1 atom stereocenters. The van der Waals surface area contributed by atoms with E-state index in [4.69, 9.17) is 10.5 Å². The van der Waals surface area contributed by atoms with E-state index < -0.39 is 0 Å². The lowest BCUT2D eigenvalue weighted by Gasteiger charge is -2.23. The van der Waals surface area contributed by atoms with E-state index in [1.54, 1.807) is 6.20 Å². The molecule has 2 rings (SSSR count). The SMILES string of the molecule is NCC1CCOc2ccncc21. The van der Waals surface area contributed by atoms with Gasteiger partial charge in [0.2, 0.25) is 0 Å². The lowest BCUT2D eigenvalue weighted by molar-refractivity contribution is 0.268. The quantitative estimate of drug-likeness (QED) is 0.671. The van der Waals surface area contributed by atoms with Crippen LogP contribution in [0.3, 0.4) is 0 Å². The summed E-state index contributed by atoms with van der Waals surface area (Å²) in [4.78, 5) is 4.06. The number of ether oxygens (including phenoxy) is 1. The standard InChI is InChI=1S/C9H12N2O/c10-5-7-2-4-12-9-1-3-11-6-8(7)9/h1,3,6-7H,2,4-5,10H2. The summed E-state index contributed by atoms with van der Waals surface area (Å²) < 4.78 is 5.46. The Kier molecular flexibility index (Phi) is 1.96. The van der Waals surface area contributed by atoms with E-state index in [0.29, 0.717) is 12.5 Å². The first-order valence-corrected chi connectivity index (χ1v) is 4.18. The predicted octanol–water partition coefficient (Wildman–Crippen LogP) is 0.906. The van der Waals surface area contributed by atoms with Crippen molar-refractivity contribution in [1.29, 1.82) is 0 Å². The molecule has 1 unspecified atom stereocenters.